The van der Waals surface area contributed by atoms with Crippen molar-refractivity contribution in [2.45, 2.75) is 32.6 Å². The van der Waals surface area contributed by atoms with E-state index in [2.05, 4.69) is 53.2 Å². The smallest absolute Gasteiger partial charge is 0.306 e. The summed E-state index contributed by atoms with van der Waals surface area (Å²) in [7, 11) is 3.52. The first-order valence-corrected chi connectivity index (χ1v) is 12.1. The average Bonchev–Trinajstić information content (AvgIpc) is 3.24. The Kier molecular flexibility index (Phi) is 7.66. The lowest BCUT2D eigenvalue weighted by Gasteiger charge is -2.11. The number of aromatic nitrogens is 1. The van der Waals surface area contributed by atoms with Crippen LogP contribution >= 0.6 is 0 Å². The first kappa shape index (κ1) is 24.3. The Morgan fingerprint density at radius 3 is 2.29 bits per heavy atom. The molecule has 0 N–H and O–H groups in total. The van der Waals surface area contributed by atoms with Gasteiger partial charge in [-0.15, -0.1) is 0 Å². The second-order valence-corrected chi connectivity index (χ2v) is 8.91. The Morgan fingerprint density at radius 2 is 1.60 bits per heavy atom. The van der Waals surface area contributed by atoms with Gasteiger partial charge in [0, 0.05) is 43.4 Å². The third-order valence-electron chi connectivity index (χ3n) is 6.20. The lowest BCUT2D eigenvalue weighted by atomic mass is 10.0. The average molecular weight is 469 g/mol. The summed E-state index contributed by atoms with van der Waals surface area (Å²) < 4.78 is 7.28. The van der Waals surface area contributed by atoms with Crippen LogP contribution in [0.5, 0.6) is 0 Å². The van der Waals surface area contributed by atoms with Crippen molar-refractivity contribution in [1.82, 2.24) is 9.47 Å². The predicted octanol–water partition coefficient (Wildman–Crippen LogP) is 5.61. The summed E-state index contributed by atoms with van der Waals surface area (Å²) in [6, 6.07) is 24.6. The number of benzene rings is 3. The highest BCUT2D eigenvalue weighted by Crippen LogP contribution is 2.28. The van der Waals surface area contributed by atoms with Gasteiger partial charge in [-0.25, -0.2) is 0 Å². The third kappa shape index (κ3) is 5.80. The van der Waals surface area contributed by atoms with E-state index >= 15 is 0 Å². The van der Waals surface area contributed by atoms with E-state index in [0.717, 1.165) is 29.6 Å². The molecular weight excluding hydrogens is 436 g/mol. The predicted molar refractivity (Wildman–Crippen MR) is 140 cm³/mol. The van der Waals surface area contributed by atoms with Crippen LogP contribution < -0.4 is 0 Å². The molecule has 4 rings (SSSR count). The van der Waals surface area contributed by atoms with Gasteiger partial charge < -0.3 is 14.2 Å². The minimum absolute atomic E-state index is 0.0105. The maximum atomic E-state index is 12.3. The lowest BCUT2D eigenvalue weighted by molar-refractivity contribution is -0.143. The molecule has 1 heterocycles. The van der Waals surface area contributed by atoms with Crippen LogP contribution in [0.3, 0.4) is 0 Å². The van der Waals surface area contributed by atoms with Crippen LogP contribution in [-0.4, -0.2) is 42.0 Å². The number of carbonyl (C=O) groups excluding carboxylic acids is 2. The molecule has 0 aliphatic heterocycles. The number of ether oxygens (including phenoxy) is 1. The molecule has 1 amide bonds. The number of hydrogen-bond donors (Lipinski definition) is 0. The minimum atomic E-state index is -0.165. The molecule has 0 bridgehead atoms. The second-order valence-electron chi connectivity index (χ2n) is 8.91. The van der Waals surface area contributed by atoms with Gasteiger partial charge in [-0.3, -0.25) is 9.59 Å². The number of hydrogen-bond acceptors (Lipinski definition) is 3. The Bertz CT molecular complexity index is 1300. The van der Waals surface area contributed by atoms with E-state index in [9.17, 15) is 9.59 Å². The van der Waals surface area contributed by atoms with E-state index < -0.39 is 0 Å². The highest BCUT2D eigenvalue weighted by molar-refractivity contribution is 5.94. The first-order chi connectivity index (χ1) is 17.0. The SMILES string of the molecule is CCOC(=O)CCc1ccc2c(c1)c(CCc1ccccc1)cn2-c1ccc(C(=O)N(C)C)cc1. The molecule has 0 aliphatic rings. The van der Waals surface area contributed by atoms with Crippen molar-refractivity contribution in [3.05, 3.63) is 101 Å². The molecule has 0 radical (unpaired) electrons. The zero-order valence-electron chi connectivity index (χ0n) is 20.7. The Balaban J connectivity index is 1.67. The molecule has 5 heteroatoms. The minimum Gasteiger partial charge on any atom is -0.466 e. The number of esters is 1. The molecule has 0 aliphatic carbocycles. The molecule has 3 aromatic carbocycles. The summed E-state index contributed by atoms with van der Waals surface area (Å²) >= 11 is 0. The quantitative estimate of drug-likeness (QED) is 0.300. The molecule has 35 heavy (non-hydrogen) atoms. The number of nitrogens with zero attached hydrogens (tertiary/aromatic N) is 2. The second kappa shape index (κ2) is 11.0. The molecule has 0 saturated carbocycles. The summed E-state index contributed by atoms with van der Waals surface area (Å²) in [6.45, 7) is 2.23. The fraction of sp³-hybridized carbons (Fsp3) is 0.267. The van der Waals surface area contributed by atoms with Gasteiger partial charge in [-0.05, 0) is 79.3 Å². The molecule has 4 aromatic rings. The largest absolute Gasteiger partial charge is 0.466 e. The summed E-state index contributed by atoms with van der Waals surface area (Å²) in [5.74, 6) is -0.175. The summed E-state index contributed by atoms with van der Waals surface area (Å²) in [5, 5.41) is 1.19. The zero-order valence-corrected chi connectivity index (χ0v) is 20.7. The standard InChI is InChI=1S/C30H32N2O3/c1-4-35-29(33)19-12-23-11-18-28-27(20-23)25(13-10-22-8-6-5-7-9-22)21-32(28)26-16-14-24(15-17-26)30(34)31(2)3/h5-9,11,14-18,20-21H,4,10,12-13,19H2,1-3H3. The van der Waals surface area contributed by atoms with Crippen LogP contribution in [0.15, 0.2) is 79.0 Å². The maximum Gasteiger partial charge on any atom is 0.306 e. The van der Waals surface area contributed by atoms with Gasteiger partial charge in [0.25, 0.3) is 5.91 Å². The van der Waals surface area contributed by atoms with Gasteiger partial charge >= 0.3 is 5.97 Å². The van der Waals surface area contributed by atoms with E-state index in [1.54, 1.807) is 19.0 Å². The van der Waals surface area contributed by atoms with Gasteiger partial charge in [-0.2, -0.15) is 0 Å². The molecule has 5 nitrogen and oxygen atoms in total. The fourth-order valence-corrected chi connectivity index (χ4v) is 4.34. The monoisotopic (exact) mass is 468 g/mol. The van der Waals surface area contributed by atoms with Crippen LogP contribution in [0.4, 0.5) is 0 Å². The Hall–Kier alpha value is -3.86. The molecule has 0 unspecified atom stereocenters. The van der Waals surface area contributed by atoms with Gasteiger partial charge in [0.05, 0.1) is 12.1 Å². The van der Waals surface area contributed by atoms with Crippen LogP contribution in [0.2, 0.25) is 0 Å². The molecule has 0 saturated heterocycles. The van der Waals surface area contributed by atoms with Crippen LogP contribution in [-0.2, 0) is 28.8 Å². The van der Waals surface area contributed by atoms with Crippen LogP contribution in [0, 0.1) is 0 Å². The van der Waals surface area contributed by atoms with Crippen molar-refractivity contribution in [3.8, 4) is 5.69 Å². The zero-order chi connectivity index (χ0) is 24.8. The van der Waals surface area contributed by atoms with E-state index in [1.807, 2.05) is 37.3 Å². The molecule has 1 aromatic heterocycles. The van der Waals surface area contributed by atoms with Crippen molar-refractivity contribution in [2.75, 3.05) is 20.7 Å². The molecule has 0 spiro atoms. The lowest BCUT2D eigenvalue weighted by Crippen LogP contribution is -2.21. The van der Waals surface area contributed by atoms with Gasteiger partial charge in [0.15, 0.2) is 0 Å². The van der Waals surface area contributed by atoms with E-state index in [-0.39, 0.29) is 11.9 Å². The van der Waals surface area contributed by atoms with Crippen molar-refractivity contribution in [2.24, 2.45) is 0 Å². The van der Waals surface area contributed by atoms with Gasteiger partial charge in [0.2, 0.25) is 0 Å². The van der Waals surface area contributed by atoms with Crippen molar-refractivity contribution in [3.63, 3.8) is 0 Å². The number of carbonyl (C=O) groups is 2. The number of fused-ring (bicyclic) bond motifs is 1. The highest BCUT2D eigenvalue weighted by Gasteiger charge is 2.13. The first-order valence-electron chi connectivity index (χ1n) is 12.1. The topological polar surface area (TPSA) is 51.5 Å². The van der Waals surface area contributed by atoms with Gasteiger partial charge in [-0.1, -0.05) is 36.4 Å². The molecular formula is C30H32N2O3. The normalized spacial score (nSPS) is 10.9. The summed E-state index contributed by atoms with van der Waals surface area (Å²) in [6.07, 6.45) is 5.08. The summed E-state index contributed by atoms with van der Waals surface area (Å²) in [5.41, 5.74) is 6.47. The third-order valence-corrected chi connectivity index (χ3v) is 6.20. The Labute approximate surface area is 206 Å². The van der Waals surface area contributed by atoms with Gasteiger partial charge in [0.1, 0.15) is 0 Å². The van der Waals surface area contributed by atoms with Crippen LogP contribution in [0.25, 0.3) is 16.6 Å². The van der Waals surface area contributed by atoms with Crippen molar-refractivity contribution >= 4 is 22.8 Å². The number of aryl methyl sites for hydroxylation is 3. The highest BCUT2D eigenvalue weighted by atomic mass is 16.5. The molecule has 180 valence electrons. The van der Waals surface area contributed by atoms with E-state index in [4.69, 9.17) is 4.74 Å². The number of rotatable bonds is 9. The maximum absolute atomic E-state index is 12.3. The van der Waals surface area contributed by atoms with Crippen molar-refractivity contribution < 1.29 is 14.3 Å². The van der Waals surface area contributed by atoms with Crippen LogP contribution in [0.1, 0.15) is 40.4 Å². The van der Waals surface area contributed by atoms with E-state index in [0.29, 0.717) is 25.0 Å². The Morgan fingerprint density at radius 1 is 0.857 bits per heavy atom. The molecule has 0 atom stereocenters. The fourth-order valence-electron chi connectivity index (χ4n) is 4.34. The van der Waals surface area contributed by atoms with Crippen molar-refractivity contribution in [1.29, 1.82) is 0 Å². The molecule has 0 fully saturated rings. The van der Waals surface area contributed by atoms with E-state index in [1.165, 1.54) is 16.5 Å². The summed E-state index contributed by atoms with van der Waals surface area (Å²) in [4.78, 5) is 25.7. The number of amides is 1.